The fraction of sp³-hybridized carbons (Fsp3) is 0.391. The van der Waals surface area contributed by atoms with E-state index in [2.05, 4.69) is 43.7 Å². The monoisotopic (exact) mass is 917 g/mol. The third kappa shape index (κ3) is 10.6. The number of hydrogen-bond donors (Lipinski definition) is 3. The zero-order valence-corrected chi connectivity index (χ0v) is 37.0. The molecule has 2 fully saturated rings. The van der Waals surface area contributed by atoms with Gasteiger partial charge in [0.2, 0.25) is 0 Å². The van der Waals surface area contributed by atoms with Crippen LogP contribution in [0.25, 0.3) is 16.6 Å². The predicted molar refractivity (Wildman–Crippen MR) is 239 cm³/mol. The summed E-state index contributed by atoms with van der Waals surface area (Å²) in [7, 11) is -4.63. The number of nitro benzene ring substituents is 1. The van der Waals surface area contributed by atoms with Crippen molar-refractivity contribution >= 4 is 49.6 Å². The Bertz CT molecular complexity index is 2740. The minimum absolute atomic E-state index is 0.00791. The number of nitrogens with zero attached hydrogens (tertiary/aromatic N) is 4. The predicted octanol–water partition coefficient (Wildman–Crippen LogP) is 8.32. The molecule has 8 rings (SSSR count). The van der Waals surface area contributed by atoms with Crippen LogP contribution in [0.5, 0.6) is 11.5 Å². The van der Waals surface area contributed by atoms with Gasteiger partial charge in [0.1, 0.15) is 22.8 Å². The van der Waals surface area contributed by atoms with Crippen molar-refractivity contribution in [3.63, 3.8) is 0 Å². The zero-order chi connectivity index (χ0) is 46.1. The smallest absolute Gasteiger partial charge is 0.416 e. The van der Waals surface area contributed by atoms with Crippen molar-refractivity contribution < 1.29 is 45.5 Å². The molecule has 3 N–H and O–H groups in total. The minimum atomic E-state index is -4.63. The van der Waals surface area contributed by atoms with Crippen LogP contribution in [0.2, 0.25) is 0 Å². The summed E-state index contributed by atoms with van der Waals surface area (Å²) >= 11 is 0. The third-order valence-electron chi connectivity index (χ3n) is 12.1. The van der Waals surface area contributed by atoms with Gasteiger partial charge in [-0.1, -0.05) is 25.5 Å². The van der Waals surface area contributed by atoms with Crippen LogP contribution >= 0.6 is 0 Å². The van der Waals surface area contributed by atoms with Gasteiger partial charge in [0.15, 0.2) is 0 Å². The highest BCUT2D eigenvalue weighted by atomic mass is 32.2. The van der Waals surface area contributed by atoms with E-state index in [4.69, 9.17) is 14.2 Å². The second kappa shape index (κ2) is 18.5. The first-order valence-electron chi connectivity index (χ1n) is 21.3. The lowest BCUT2D eigenvalue weighted by molar-refractivity contribution is -0.384. The normalized spacial score (nSPS) is 18.4. The van der Waals surface area contributed by atoms with Crippen molar-refractivity contribution in [2.24, 2.45) is 5.41 Å². The molecule has 2 saturated heterocycles. The maximum absolute atomic E-state index is 13.9. The molecule has 15 nitrogen and oxygen atoms in total. The Balaban J connectivity index is 1.01. The van der Waals surface area contributed by atoms with E-state index < -0.39 is 43.2 Å². The number of ether oxygens (including phenoxy) is 3. The molecule has 1 aliphatic carbocycles. The number of amides is 1. The fourth-order valence-corrected chi connectivity index (χ4v) is 9.57. The number of pyridine rings is 1. The number of aryl methyl sites for hydroxylation is 1. The fourth-order valence-electron chi connectivity index (χ4n) is 8.58. The number of alkyl halides is 3. The van der Waals surface area contributed by atoms with Gasteiger partial charge in [-0.2, -0.15) is 13.2 Å². The molecule has 1 atom stereocenters. The number of aromatic nitrogens is 2. The number of piperazine rings is 1. The number of carbonyl (C=O) groups is 1. The first kappa shape index (κ1) is 45.5. The topological polar surface area (TPSA) is 181 Å². The van der Waals surface area contributed by atoms with Crippen LogP contribution in [0.15, 0.2) is 89.6 Å². The molecule has 19 heteroatoms. The number of allylic oxidation sites excluding steroid dienone is 1. The number of benzene rings is 3. The van der Waals surface area contributed by atoms with Crippen LogP contribution in [0.3, 0.4) is 0 Å². The van der Waals surface area contributed by atoms with Crippen LogP contribution in [0, 0.1) is 22.5 Å². The van der Waals surface area contributed by atoms with E-state index in [1.165, 1.54) is 42.1 Å². The first-order valence-corrected chi connectivity index (χ1v) is 22.8. The molecule has 1 amide bonds. The average Bonchev–Trinajstić information content (AvgIpc) is 3.74. The van der Waals surface area contributed by atoms with Crippen molar-refractivity contribution in [1.29, 1.82) is 0 Å². The van der Waals surface area contributed by atoms with Gasteiger partial charge in [0.25, 0.3) is 21.6 Å². The number of fused-ring (bicyclic) bond motifs is 1. The van der Waals surface area contributed by atoms with Crippen molar-refractivity contribution in [2.45, 2.75) is 57.2 Å². The Labute approximate surface area is 374 Å². The second-order valence-electron chi connectivity index (χ2n) is 17.4. The van der Waals surface area contributed by atoms with E-state index in [1.807, 2.05) is 0 Å². The van der Waals surface area contributed by atoms with Crippen molar-refractivity contribution in [1.82, 2.24) is 19.6 Å². The number of nitro groups is 1. The molecule has 2 aliphatic heterocycles. The Hall–Kier alpha value is -6.02. The lowest BCUT2D eigenvalue weighted by atomic mass is 9.72. The third-order valence-corrected chi connectivity index (χ3v) is 13.5. The summed E-state index contributed by atoms with van der Waals surface area (Å²) in [5.74, 6) is -0.669. The molecule has 0 bridgehead atoms. The molecular weight excluding hydrogens is 868 g/mol. The van der Waals surface area contributed by atoms with E-state index >= 15 is 0 Å². The van der Waals surface area contributed by atoms with Crippen LogP contribution in [0.1, 0.15) is 60.2 Å². The van der Waals surface area contributed by atoms with Gasteiger partial charge >= 0.3 is 6.18 Å². The Morgan fingerprint density at radius 2 is 1.85 bits per heavy atom. The van der Waals surface area contributed by atoms with Gasteiger partial charge in [0, 0.05) is 68.7 Å². The summed E-state index contributed by atoms with van der Waals surface area (Å²) < 4.78 is 87.2. The van der Waals surface area contributed by atoms with Crippen molar-refractivity contribution in [2.75, 3.05) is 69.3 Å². The maximum Gasteiger partial charge on any atom is 0.416 e. The number of carbonyl (C=O) groups excluding carboxylic acids is 1. The van der Waals surface area contributed by atoms with Gasteiger partial charge in [-0.05, 0) is 96.8 Å². The molecule has 3 aliphatic rings. The standard InChI is InChI=1S/C46H50F3N7O8S/c1-29-20-32(46(47,48)49)4-7-37(29)39-24-45(2,3)12-10-31(39)27-54-14-16-55(17-15-54)33-5-8-38(42(22-33)64-34-21-30-11-13-50-43(30)52-25-34)44(57)53-65(60,61)36-6-9-40(41(23-36)56(58)59)51-26-35-28-62-18-19-63-35/h4-9,11,13,20-23,25,35,51H,10,12,14-19,24,26-28H2,1-3H3,(H,50,52)(H,53,57)/t35-/m0/s1. The molecule has 5 aromatic rings. The summed E-state index contributed by atoms with van der Waals surface area (Å²) in [6.45, 7) is 10.7. The Morgan fingerprint density at radius 3 is 2.57 bits per heavy atom. The number of aromatic amines is 1. The number of nitrogens with one attached hydrogen (secondary N) is 3. The van der Waals surface area contributed by atoms with Crippen LogP contribution in [-0.4, -0.2) is 99.3 Å². The highest BCUT2D eigenvalue weighted by molar-refractivity contribution is 7.90. The van der Waals surface area contributed by atoms with Gasteiger partial charge in [0.05, 0.1) is 53.1 Å². The van der Waals surface area contributed by atoms with Crippen LogP contribution in [-0.2, 0) is 25.7 Å². The van der Waals surface area contributed by atoms with Gasteiger partial charge in [-0.3, -0.25) is 19.8 Å². The number of hydrogen-bond acceptors (Lipinski definition) is 12. The van der Waals surface area contributed by atoms with Crippen LogP contribution < -0.4 is 19.7 Å². The molecule has 0 spiro atoms. The lowest BCUT2D eigenvalue weighted by Crippen LogP contribution is -2.47. The minimum Gasteiger partial charge on any atom is -0.455 e. The maximum atomic E-state index is 13.9. The molecule has 0 saturated carbocycles. The summed E-state index contributed by atoms with van der Waals surface area (Å²) in [5.41, 5.74) is 3.97. The summed E-state index contributed by atoms with van der Waals surface area (Å²) in [6, 6.07) is 15.7. The molecule has 344 valence electrons. The number of H-pyrrole nitrogens is 1. The Morgan fingerprint density at radius 1 is 1.05 bits per heavy atom. The van der Waals surface area contributed by atoms with Crippen molar-refractivity contribution in [3.05, 3.63) is 117 Å². The number of rotatable bonds is 13. The summed E-state index contributed by atoms with van der Waals surface area (Å²) in [4.78, 5) is 36.6. The average molecular weight is 918 g/mol. The second-order valence-corrected chi connectivity index (χ2v) is 19.1. The number of sulfonamides is 1. The van der Waals surface area contributed by atoms with E-state index in [0.717, 1.165) is 47.5 Å². The van der Waals surface area contributed by atoms with Gasteiger partial charge in [-0.25, -0.2) is 18.1 Å². The van der Waals surface area contributed by atoms with E-state index in [-0.39, 0.29) is 35.1 Å². The lowest BCUT2D eigenvalue weighted by Gasteiger charge is -2.39. The molecule has 0 unspecified atom stereocenters. The largest absolute Gasteiger partial charge is 0.455 e. The zero-order valence-electron chi connectivity index (χ0n) is 36.2. The molecule has 0 radical (unpaired) electrons. The van der Waals surface area contributed by atoms with E-state index in [0.29, 0.717) is 69.5 Å². The molecule has 4 heterocycles. The number of halogens is 3. The van der Waals surface area contributed by atoms with E-state index in [1.54, 1.807) is 43.5 Å². The SMILES string of the molecule is Cc1cc(C(F)(F)F)ccc1C1=C(CN2CCN(c3ccc(C(=O)NS(=O)(=O)c4ccc(NC[C@H]5COCCO5)c([N+](=O)[O-])c4)c(Oc4cnc5[nH]ccc5c4)c3)CC2)CCC(C)(C)C1. The van der Waals surface area contributed by atoms with Crippen LogP contribution in [0.4, 0.5) is 30.2 Å². The summed E-state index contributed by atoms with van der Waals surface area (Å²) in [6.07, 6.45) is 1.02. The first-order chi connectivity index (χ1) is 30.9. The van der Waals surface area contributed by atoms with Gasteiger partial charge in [-0.15, -0.1) is 0 Å². The van der Waals surface area contributed by atoms with E-state index in [9.17, 15) is 36.5 Å². The summed E-state index contributed by atoms with van der Waals surface area (Å²) in [5, 5.41) is 15.7. The molecule has 2 aromatic heterocycles. The Kier molecular flexibility index (Phi) is 12.9. The highest BCUT2D eigenvalue weighted by Gasteiger charge is 2.34. The quantitative estimate of drug-likeness (QED) is 0.0760. The molecule has 65 heavy (non-hydrogen) atoms. The number of anilines is 2. The van der Waals surface area contributed by atoms with Gasteiger partial charge < -0.3 is 29.4 Å². The van der Waals surface area contributed by atoms with Crippen molar-refractivity contribution in [3.8, 4) is 11.5 Å². The highest BCUT2D eigenvalue weighted by Crippen LogP contribution is 2.45. The molecular formula is C46H50F3N7O8S. The molecule has 3 aromatic carbocycles.